The molecule has 0 saturated heterocycles. The summed E-state index contributed by atoms with van der Waals surface area (Å²) in [4.78, 5) is 10.9. The second kappa shape index (κ2) is 17.4. The Morgan fingerprint density at radius 1 is 0.443 bits per heavy atom. The van der Waals surface area contributed by atoms with Gasteiger partial charge in [0.15, 0.2) is 0 Å². The Morgan fingerprint density at radius 3 is 1.47 bits per heavy atom. The fraction of sp³-hybridized carbons (Fsp3) is 0.394. The molecular formula is C66H79N3O. The first kappa shape index (κ1) is 50.4. The van der Waals surface area contributed by atoms with Crippen LogP contribution in [0.1, 0.15) is 164 Å². The van der Waals surface area contributed by atoms with Crippen molar-refractivity contribution in [3.8, 4) is 56.2 Å². The molecular weight excluding hydrogens is 851 g/mol. The van der Waals surface area contributed by atoms with Gasteiger partial charge in [0.05, 0.1) is 22.1 Å². The van der Waals surface area contributed by atoms with Crippen molar-refractivity contribution < 1.29 is 5.11 Å². The van der Waals surface area contributed by atoms with Gasteiger partial charge in [-0.15, -0.1) is 0 Å². The Balaban J connectivity index is 1.56. The lowest BCUT2D eigenvalue weighted by molar-refractivity contribution is 0.176. The molecule has 0 amide bonds. The predicted octanol–water partition coefficient (Wildman–Crippen LogP) is 18.6. The van der Waals surface area contributed by atoms with E-state index in [1.807, 2.05) is 18.3 Å². The number of phenolic OH excluding ortho intramolecular Hbond substituents is 1. The molecule has 0 spiro atoms. The average Bonchev–Trinajstić information content (AvgIpc) is 3.63. The number of imidazole rings is 1. The third-order valence-electron chi connectivity index (χ3n) is 14.5. The Kier molecular flexibility index (Phi) is 12.5. The normalized spacial score (nSPS) is 13.3. The molecule has 4 heteroatoms. The number of hydrogen-bond acceptors (Lipinski definition) is 3. The van der Waals surface area contributed by atoms with Crippen LogP contribution in [-0.2, 0) is 21.7 Å². The zero-order chi connectivity index (χ0) is 51.3. The van der Waals surface area contributed by atoms with E-state index in [4.69, 9.17) is 9.97 Å². The first-order valence-corrected chi connectivity index (χ1v) is 25.5. The van der Waals surface area contributed by atoms with E-state index in [1.165, 1.54) is 33.2 Å². The lowest BCUT2D eigenvalue weighted by Crippen LogP contribution is -2.30. The number of nitrogens with zero attached hydrogens (tertiary/aromatic N) is 3. The zero-order valence-corrected chi connectivity index (χ0v) is 45.9. The monoisotopic (exact) mass is 930 g/mol. The van der Waals surface area contributed by atoms with Crippen molar-refractivity contribution in [1.29, 1.82) is 0 Å². The molecule has 4 nitrogen and oxygen atoms in total. The van der Waals surface area contributed by atoms with E-state index in [-0.39, 0.29) is 44.2 Å². The molecule has 0 atom stereocenters. The van der Waals surface area contributed by atoms with E-state index < -0.39 is 0 Å². The summed E-state index contributed by atoms with van der Waals surface area (Å²) in [5, 5.41) is 13.1. The molecule has 6 aromatic carbocycles. The van der Waals surface area contributed by atoms with Crippen LogP contribution in [0.15, 0.2) is 121 Å². The summed E-state index contributed by atoms with van der Waals surface area (Å²) in [6.45, 7) is 43.6. The standard InChI is InChI=1S/C66H79N3O/c1-40-30-31-67-57-51(40)38-49(64(11,12)13)39-53(57)44-32-43(33-45(34-44)59(65(14,15)16)66(17,18)19)52-35-42(41-20-22-46(23-21-41)61(2,3)4)36-55-58(52)68-60(54-37-48(63(8,9)10)26-29-56(54)70)69(55)50-27-24-47(25-28-50)62(5,6)7/h20-39,59,70H,1-19H3. The number of aromatic hydroxyl groups is 1. The molecule has 0 saturated carbocycles. The average molecular weight is 930 g/mol. The number of fused-ring (bicyclic) bond motifs is 2. The molecule has 8 rings (SSSR count). The number of benzene rings is 6. The van der Waals surface area contributed by atoms with Crippen molar-refractivity contribution >= 4 is 21.9 Å². The number of aromatic nitrogens is 3. The van der Waals surface area contributed by atoms with Crippen LogP contribution in [0.5, 0.6) is 5.75 Å². The maximum Gasteiger partial charge on any atom is 0.149 e. The minimum absolute atomic E-state index is 0.0132. The third-order valence-corrected chi connectivity index (χ3v) is 14.5. The van der Waals surface area contributed by atoms with Crippen molar-refractivity contribution in [1.82, 2.24) is 14.5 Å². The summed E-state index contributed by atoms with van der Waals surface area (Å²) in [5.74, 6) is 1.10. The number of rotatable bonds is 6. The van der Waals surface area contributed by atoms with E-state index in [0.29, 0.717) is 11.4 Å². The maximum absolute atomic E-state index is 12.0. The summed E-state index contributed by atoms with van der Waals surface area (Å²) in [5.41, 5.74) is 18.3. The van der Waals surface area contributed by atoms with Crippen molar-refractivity contribution in [2.45, 2.75) is 159 Å². The summed E-state index contributed by atoms with van der Waals surface area (Å²) >= 11 is 0. The van der Waals surface area contributed by atoms with Gasteiger partial charge in [-0.25, -0.2) is 4.98 Å². The van der Waals surface area contributed by atoms with Gasteiger partial charge in [0.2, 0.25) is 0 Å². The van der Waals surface area contributed by atoms with Crippen LogP contribution < -0.4 is 0 Å². The van der Waals surface area contributed by atoms with E-state index in [2.05, 4.69) is 239 Å². The smallest absolute Gasteiger partial charge is 0.149 e. The maximum atomic E-state index is 12.0. The molecule has 8 aromatic rings. The minimum atomic E-state index is -0.152. The summed E-state index contributed by atoms with van der Waals surface area (Å²) in [6, 6.07) is 42.9. The lowest BCUT2D eigenvalue weighted by atomic mass is 9.63. The van der Waals surface area contributed by atoms with Gasteiger partial charge in [-0.05, 0) is 162 Å². The van der Waals surface area contributed by atoms with Gasteiger partial charge in [-0.3, -0.25) is 9.55 Å². The predicted molar refractivity (Wildman–Crippen MR) is 301 cm³/mol. The molecule has 2 heterocycles. The number of phenols is 1. The molecule has 364 valence electrons. The molecule has 0 bridgehead atoms. The van der Waals surface area contributed by atoms with Crippen molar-refractivity contribution in [2.75, 3.05) is 0 Å². The summed E-state index contributed by atoms with van der Waals surface area (Å²) in [7, 11) is 0. The quantitative estimate of drug-likeness (QED) is 0.181. The molecule has 0 unspecified atom stereocenters. The topological polar surface area (TPSA) is 50.9 Å². The van der Waals surface area contributed by atoms with Gasteiger partial charge in [-0.2, -0.15) is 0 Å². The van der Waals surface area contributed by atoms with Gasteiger partial charge in [0, 0.05) is 28.4 Å². The second-order valence-corrected chi connectivity index (χ2v) is 26.6. The number of aryl methyl sites for hydroxylation is 1. The zero-order valence-electron chi connectivity index (χ0n) is 45.9. The molecule has 1 N–H and O–H groups in total. The molecule has 2 aromatic heterocycles. The first-order valence-electron chi connectivity index (χ1n) is 25.5. The van der Waals surface area contributed by atoms with E-state index in [0.717, 1.165) is 61.2 Å². The molecule has 0 aliphatic rings. The third kappa shape index (κ3) is 9.86. The molecule has 0 fully saturated rings. The van der Waals surface area contributed by atoms with Crippen LogP contribution in [0.3, 0.4) is 0 Å². The van der Waals surface area contributed by atoms with Crippen LogP contribution in [0.4, 0.5) is 0 Å². The highest BCUT2D eigenvalue weighted by molar-refractivity contribution is 6.02. The van der Waals surface area contributed by atoms with Gasteiger partial charge in [0.25, 0.3) is 0 Å². The highest BCUT2D eigenvalue weighted by Crippen LogP contribution is 2.51. The van der Waals surface area contributed by atoms with Crippen molar-refractivity contribution in [2.24, 2.45) is 10.8 Å². The SMILES string of the molecule is Cc1ccnc2c(-c3cc(-c4cc(-c5ccc(C(C)(C)C)cc5)cc5c4nc(-c4cc(C(C)(C)C)ccc4O)n5-c4ccc(C(C)(C)C)cc4)cc(C(C(C)(C)C)C(C)(C)C)c3)cc(C(C)(C)C)cc12. The van der Waals surface area contributed by atoms with Crippen LogP contribution in [0.2, 0.25) is 0 Å². The van der Waals surface area contributed by atoms with Crippen LogP contribution in [0, 0.1) is 17.8 Å². The fourth-order valence-electron chi connectivity index (χ4n) is 10.9. The van der Waals surface area contributed by atoms with Crippen LogP contribution in [0.25, 0.3) is 72.4 Å². The van der Waals surface area contributed by atoms with Crippen LogP contribution in [-0.4, -0.2) is 19.6 Å². The Morgan fingerprint density at radius 2 is 0.943 bits per heavy atom. The van der Waals surface area contributed by atoms with E-state index in [1.54, 1.807) is 0 Å². The minimum Gasteiger partial charge on any atom is -0.507 e. The van der Waals surface area contributed by atoms with Gasteiger partial charge in [0.1, 0.15) is 11.6 Å². The Labute approximate surface area is 420 Å². The summed E-state index contributed by atoms with van der Waals surface area (Å²) < 4.78 is 2.28. The lowest BCUT2D eigenvalue weighted by Gasteiger charge is -2.41. The van der Waals surface area contributed by atoms with Crippen molar-refractivity contribution in [3.63, 3.8) is 0 Å². The van der Waals surface area contributed by atoms with Crippen molar-refractivity contribution in [3.05, 3.63) is 155 Å². The molecule has 70 heavy (non-hydrogen) atoms. The molecule has 0 aliphatic heterocycles. The first-order chi connectivity index (χ1) is 32.3. The van der Waals surface area contributed by atoms with Gasteiger partial charge < -0.3 is 5.11 Å². The van der Waals surface area contributed by atoms with E-state index in [9.17, 15) is 5.11 Å². The highest BCUT2D eigenvalue weighted by Gasteiger charge is 2.37. The summed E-state index contributed by atoms with van der Waals surface area (Å²) in [6.07, 6.45) is 1.96. The number of pyridine rings is 1. The molecule has 0 radical (unpaired) electrons. The number of hydrogen-bond donors (Lipinski definition) is 1. The van der Waals surface area contributed by atoms with Crippen LogP contribution >= 0.6 is 0 Å². The molecule has 0 aliphatic carbocycles. The fourth-order valence-corrected chi connectivity index (χ4v) is 10.9. The largest absolute Gasteiger partial charge is 0.507 e. The highest BCUT2D eigenvalue weighted by atomic mass is 16.3. The Hall–Kier alpha value is -6.00. The van der Waals surface area contributed by atoms with E-state index >= 15 is 0 Å². The van der Waals surface area contributed by atoms with Gasteiger partial charge >= 0.3 is 0 Å². The van der Waals surface area contributed by atoms with Gasteiger partial charge in [-0.1, -0.05) is 179 Å². The Bertz CT molecular complexity index is 3230. The second-order valence-electron chi connectivity index (χ2n) is 26.6.